The van der Waals surface area contributed by atoms with E-state index < -0.39 is 9.85 Å². The van der Waals surface area contributed by atoms with Crippen LogP contribution in [0, 0.1) is 20.2 Å². The van der Waals surface area contributed by atoms with Gasteiger partial charge in [-0.1, -0.05) is 0 Å². The summed E-state index contributed by atoms with van der Waals surface area (Å²) in [4.78, 5) is 20.3. The van der Waals surface area contributed by atoms with E-state index in [4.69, 9.17) is 0 Å². The molecule has 0 radical (unpaired) electrons. The number of non-ortho nitro benzene ring substituents is 1. The molecule has 1 aromatic heterocycles. The van der Waals surface area contributed by atoms with Crippen LogP contribution < -0.4 is 5.32 Å². The molecular formula is C12H13N5O4. The fraction of sp³-hybridized carbons (Fsp3) is 0.250. The Bertz CT molecular complexity index is 682. The molecule has 0 atom stereocenters. The predicted molar refractivity (Wildman–Crippen MR) is 73.5 cm³/mol. The molecule has 0 unspecified atom stereocenters. The van der Waals surface area contributed by atoms with Crippen LogP contribution in [0.1, 0.15) is 11.3 Å². The number of aromatic nitrogens is 2. The zero-order valence-electron chi connectivity index (χ0n) is 11.2. The van der Waals surface area contributed by atoms with Gasteiger partial charge in [-0.25, -0.2) is 0 Å². The number of nitro benzene ring substituents is 2. The van der Waals surface area contributed by atoms with Crippen LogP contribution in [0.4, 0.5) is 11.4 Å². The van der Waals surface area contributed by atoms with Gasteiger partial charge in [-0.05, 0) is 12.1 Å². The summed E-state index contributed by atoms with van der Waals surface area (Å²) in [6.45, 7) is 0.680. The van der Waals surface area contributed by atoms with E-state index >= 15 is 0 Å². The third-order valence-corrected chi connectivity index (χ3v) is 2.87. The molecule has 0 amide bonds. The van der Waals surface area contributed by atoms with Crippen molar-refractivity contribution in [2.75, 3.05) is 0 Å². The number of rotatable bonds is 6. The Kier molecular flexibility index (Phi) is 4.24. The zero-order valence-corrected chi connectivity index (χ0v) is 11.2. The van der Waals surface area contributed by atoms with Gasteiger partial charge in [0, 0.05) is 38.0 Å². The van der Waals surface area contributed by atoms with Gasteiger partial charge in [-0.3, -0.25) is 24.9 Å². The Morgan fingerprint density at radius 1 is 1.19 bits per heavy atom. The van der Waals surface area contributed by atoms with Crippen molar-refractivity contribution in [3.05, 3.63) is 61.9 Å². The minimum absolute atomic E-state index is 0.227. The van der Waals surface area contributed by atoms with Crippen molar-refractivity contribution in [2.24, 2.45) is 7.05 Å². The van der Waals surface area contributed by atoms with E-state index in [9.17, 15) is 20.2 Å². The molecule has 1 heterocycles. The van der Waals surface area contributed by atoms with Gasteiger partial charge >= 0.3 is 0 Å². The molecular weight excluding hydrogens is 278 g/mol. The highest BCUT2D eigenvalue weighted by Gasteiger charge is 2.18. The molecule has 2 aromatic rings. The fourth-order valence-corrected chi connectivity index (χ4v) is 1.87. The summed E-state index contributed by atoms with van der Waals surface area (Å²) in [6, 6.07) is 5.45. The molecule has 0 fully saturated rings. The first kappa shape index (κ1) is 14.6. The minimum Gasteiger partial charge on any atom is -0.307 e. The van der Waals surface area contributed by atoms with E-state index in [-0.39, 0.29) is 17.9 Å². The minimum atomic E-state index is -0.655. The largest absolute Gasteiger partial charge is 0.307 e. The van der Waals surface area contributed by atoms with Crippen LogP contribution in [0.2, 0.25) is 0 Å². The van der Waals surface area contributed by atoms with Crippen LogP contribution in [0.3, 0.4) is 0 Å². The summed E-state index contributed by atoms with van der Waals surface area (Å²) in [6.07, 6.45) is 1.80. The summed E-state index contributed by atoms with van der Waals surface area (Å²) in [5.74, 6) is 0. The van der Waals surface area contributed by atoms with E-state index in [1.165, 1.54) is 12.1 Å². The number of hydrogen-bond acceptors (Lipinski definition) is 6. The summed E-state index contributed by atoms with van der Waals surface area (Å²) in [7, 11) is 1.80. The zero-order chi connectivity index (χ0) is 15.4. The van der Waals surface area contributed by atoms with Crippen LogP contribution in [0.15, 0.2) is 30.5 Å². The highest BCUT2D eigenvalue weighted by molar-refractivity contribution is 5.49. The van der Waals surface area contributed by atoms with Crippen molar-refractivity contribution in [2.45, 2.75) is 13.1 Å². The standard InChI is InChI=1S/C12H13N5O4/c1-15-5-4-10(14-15)8-13-7-9-2-3-11(16(18)19)6-12(9)17(20)21/h2-6,13H,7-8H2,1H3. The lowest BCUT2D eigenvalue weighted by Gasteiger charge is -2.04. The van der Waals surface area contributed by atoms with Gasteiger partial charge in [-0.2, -0.15) is 5.10 Å². The first-order chi connectivity index (χ1) is 9.97. The lowest BCUT2D eigenvalue weighted by Crippen LogP contribution is -2.14. The van der Waals surface area contributed by atoms with Crippen LogP contribution in [0.5, 0.6) is 0 Å². The first-order valence-electron chi connectivity index (χ1n) is 6.08. The SMILES string of the molecule is Cn1ccc(CNCc2ccc([N+](=O)[O-])cc2[N+](=O)[O-])n1. The quantitative estimate of drug-likeness (QED) is 0.637. The van der Waals surface area contributed by atoms with Crippen molar-refractivity contribution < 1.29 is 9.85 Å². The maximum Gasteiger partial charge on any atom is 0.280 e. The second kappa shape index (κ2) is 6.09. The Morgan fingerprint density at radius 2 is 1.95 bits per heavy atom. The molecule has 110 valence electrons. The smallest absolute Gasteiger partial charge is 0.280 e. The predicted octanol–water partition coefficient (Wildman–Crippen LogP) is 1.53. The fourth-order valence-electron chi connectivity index (χ4n) is 1.87. The Morgan fingerprint density at radius 3 is 2.52 bits per heavy atom. The van der Waals surface area contributed by atoms with Crippen molar-refractivity contribution in [3.63, 3.8) is 0 Å². The number of aryl methyl sites for hydroxylation is 1. The van der Waals surface area contributed by atoms with Gasteiger partial charge in [0.05, 0.1) is 21.6 Å². The van der Waals surface area contributed by atoms with Gasteiger partial charge in [0.1, 0.15) is 0 Å². The van der Waals surface area contributed by atoms with Crippen LogP contribution in [-0.4, -0.2) is 19.6 Å². The number of nitrogens with zero attached hydrogens (tertiary/aromatic N) is 4. The Balaban J connectivity index is 2.08. The number of hydrogen-bond donors (Lipinski definition) is 1. The molecule has 1 aromatic carbocycles. The van der Waals surface area contributed by atoms with Gasteiger partial charge in [0.2, 0.25) is 0 Å². The molecule has 0 spiro atoms. The van der Waals surface area contributed by atoms with Gasteiger partial charge in [0.25, 0.3) is 11.4 Å². The molecule has 0 saturated heterocycles. The average Bonchev–Trinajstić information content (AvgIpc) is 2.84. The molecule has 0 saturated carbocycles. The second-order valence-electron chi connectivity index (χ2n) is 4.41. The maximum atomic E-state index is 11.0. The maximum absolute atomic E-state index is 11.0. The third-order valence-electron chi connectivity index (χ3n) is 2.87. The highest BCUT2D eigenvalue weighted by atomic mass is 16.6. The van der Waals surface area contributed by atoms with Crippen LogP contribution in [0.25, 0.3) is 0 Å². The Hall–Kier alpha value is -2.81. The van der Waals surface area contributed by atoms with E-state index in [0.29, 0.717) is 12.1 Å². The first-order valence-corrected chi connectivity index (χ1v) is 6.08. The lowest BCUT2D eigenvalue weighted by molar-refractivity contribution is -0.394. The average molecular weight is 291 g/mol. The molecule has 0 bridgehead atoms. The molecule has 2 rings (SSSR count). The molecule has 9 heteroatoms. The van der Waals surface area contributed by atoms with Crippen molar-refractivity contribution in [1.82, 2.24) is 15.1 Å². The summed E-state index contributed by atoms with van der Waals surface area (Å²) < 4.78 is 1.66. The van der Waals surface area contributed by atoms with E-state index in [1.807, 2.05) is 6.07 Å². The molecule has 0 aliphatic carbocycles. The van der Waals surface area contributed by atoms with E-state index in [1.54, 1.807) is 17.9 Å². The topological polar surface area (TPSA) is 116 Å². The lowest BCUT2D eigenvalue weighted by atomic mass is 10.1. The van der Waals surface area contributed by atoms with Crippen molar-refractivity contribution >= 4 is 11.4 Å². The second-order valence-corrected chi connectivity index (χ2v) is 4.41. The Labute approximate surface area is 119 Å². The van der Waals surface area contributed by atoms with Crippen LogP contribution in [-0.2, 0) is 20.1 Å². The van der Waals surface area contributed by atoms with Crippen LogP contribution >= 0.6 is 0 Å². The number of nitro groups is 2. The third kappa shape index (κ3) is 3.60. The normalized spacial score (nSPS) is 10.5. The van der Waals surface area contributed by atoms with E-state index in [0.717, 1.165) is 11.8 Å². The molecule has 9 nitrogen and oxygen atoms in total. The monoisotopic (exact) mass is 291 g/mol. The molecule has 1 N–H and O–H groups in total. The van der Waals surface area contributed by atoms with Gasteiger partial charge < -0.3 is 5.32 Å². The van der Waals surface area contributed by atoms with Crippen molar-refractivity contribution in [1.29, 1.82) is 0 Å². The molecule has 21 heavy (non-hydrogen) atoms. The summed E-state index contributed by atoms with van der Waals surface area (Å²) in [5.41, 5.74) is 0.636. The van der Waals surface area contributed by atoms with Gasteiger partial charge in [-0.15, -0.1) is 0 Å². The summed E-state index contributed by atoms with van der Waals surface area (Å²) in [5, 5.41) is 28.8. The van der Waals surface area contributed by atoms with E-state index in [2.05, 4.69) is 10.4 Å². The highest BCUT2D eigenvalue weighted by Crippen LogP contribution is 2.24. The molecule has 0 aliphatic rings. The number of nitrogens with one attached hydrogen (secondary N) is 1. The number of benzene rings is 1. The molecule has 0 aliphatic heterocycles. The van der Waals surface area contributed by atoms with Crippen molar-refractivity contribution in [3.8, 4) is 0 Å². The van der Waals surface area contributed by atoms with Gasteiger partial charge in [0.15, 0.2) is 0 Å². The summed E-state index contributed by atoms with van der Waals surface area (Å²) >= 11 is 0.